The number of nitrogens with zero attached hydrogens (tertiary/aromatic N) is 1. The highest BCUT2D eigenvalue weighted by Crippen LogP contribution is 2.65. The van der Waals surface area contributed by atoms with Crippen molar-refractivity contribution >= 4 is 0 Å². The average molecular weight is 220 g/mol. The van der Waals surface area contributed by atoms with Crippen LogP contribution in [0, 0.1) is 34.0 Å². The zero-order valence-corrected chi connectivity index (χ0v) is 11.0. The Bertz CT molecular complexity index is 315. The summed E-state index contributed by atoms with van der Waals surface area (Å²) in [5.74, 6) is 1.01. The molecule has 2 saturated carbocycles. The molecule has 0 aromatic rings. The quantitative estimate of drug-likeness (QED) is 0.793. The molecule has 4 unspecified atom stereocenters. The molecule has 0 spiro atoms. The van der Waals surface area contributed by atoms with Gasteiger partial charge in [-0.15, -0.1) is 0 Å². The van der Waals surface area contributed by atoms with Gasteiger partial charge in [0, 0.05) is 12.6 Å². The van der Waals surface area contributed by atoms with Crippen LogP contribution < -0.4 is 5.32 Å². The molecule has 90 valence electrons. The van der Waals surface area contributed by atoms with Crippen LogP contribution in [0.5, 0.6) is 0 Å². The molecule has 0 aromatic carbocycles. The van der Waals surface area contributed by atoms with E-state index in [1.165, 1.54) is 19.3 Å². The standard InChI is InChI=1S/C14H24N2/c1-10(8-15)9-16-12-7-11-5-6-14(12,4)13(11,2)3/h10-12,16H,5-7,9H2,1-4H3. The van der Waals surface area contributed by atoms with Crippen molar-refractivity contribution in [3.05, 3.63) is 0 Å². The highest BCUT2D eigenvalue weighted by atomic mass is 15.0. The molecular formula is C14H24N2. The molecular weight excluding hydrogens is 196 g/mol. The van der Waals surface area contributed by atoms with Gasteiger partial charge in [-0.1, -0.05) is 20.8 Å². The summed E-state index contributed by atoms with van der Waals surface area (Å²) in [6.07, 6.45) is 4.06. The van der Waals surface area contributed by atoms with E-state index in [1.807, 2.05) is 6.92 Å². The maximum Gasteiger partial charge on any atom is 0.0666 e. The summed E-state index contributed by atoms with van der Waals surface area (Å²) in [5, 5.41) is 12.5. The SMILES string of the molecule is CC(C#N)CNC1CC2CCC1(C)C2(C)C. The second-order valence-electron chi connectivity index (χ2n) is 6.60. The monoisotopic (exact) mass is 220 g/mol. The summed E-state index contributed by atoms with van der Waals surface area (Å²) in [6, 6.07) is 2.93. The number of nitrogens with one attached hydrogen (secondary N) is 1. The topological polar surface area (TPSA) is 35.8 Å². The summed E-state index contributed by atoms with van der Waals surface area (Å²) >= 11 is 0. The summed E-state index contributed by atoms with van der Waals surface area (Å²) < 4.78 is 0. The molecule has 2 aliphatic rings. The average Bonchev–Trinajstić information content (AvgIpc) is 2.58. The first-order chi connectivity index (χ1) is 7.41. The summed E-state index contributed by atoms with van der Waals surface area (Å²) in [5.41, 5.74) is 0.910. The molecule has 4 atom stereocenters. The molecule has 2 nitrogen and oxygen atoms in total. The Hall–Kier alpha value is -0.550. The van der Waals surface area contributed by atoms with Crippen molar-refractivity contribution in [1.29, 1.82) is 5.26 Å². The predicted octanol–water partition coefficient (Wildman–Crippen LogP) is 2.95. The molecule has 0 heterocycles. The molecule has 0 amide bonds. The van der Waals surface area contributed by atoms with E-state index in [1.54, 1.807) is 0 Å². The highest BCUT2D eigenvalue weighted by molar-refractivity contribution is 5.13. The van der Waals surface area contributed by atoms with Crippen molar-refractivity contribution < 1.29 is 0 Å². The van der Waals surface area contributed by atoms with E-state index in [0.29, 0.717) is 16.9 Å². The van der Waals surface area contributed by atoms with Crippen molar-refractivity contribution in [1.82, 2.24) is 5.32 Å². The maximum absolute atomic E-state index is 8.82. The van der Waals surface area contributed by atoms with Crippen LogP contribution in [0.1, 0.15) is 47.0 Å². The van der Waals surface area contributed by atoms with Crippen LogP contribution in [0.2, 0.25) is 0 Å². The first-order valence-electron chi connectivity index (χ1n) is 6.55. The molecule has 2 heteroatoms. The largest absolute Gasteiger partial charge is 0.312 e. The lowest BCUT2D eigenvalue weighted by Crippen LogP contribution is -2.45. The number of hydrogen-bond donors (Lipinski definition) is 1. The van der Waals surface area contributed by atoms with E-state index in [-0.39, 0.29) is 5.92 Å². The second-order valence-corrected chi connectivity index (χ2v) is 6.60. The fraction of sp³-hybridized carbons (Fsp3) is 0.929. The Kier molecular flexibility index (Phi) is 2.78. The Labute approximate surface area is 99.4 Å². The van der Waals surface area contributed by atoms with Gasteiger partial charge in [0.2, 0.25) is 0 Å². The van der Waals surface area contributed by atoms with Crippen molar-refractivity contribution in [3.63, 3.8) is 0 Å². The normalized spacial score (nSPS) is 41.9. The first-order valence-corrected chi connectivity index (χ1v) is 6.55. The fourth-order valence-electron chi connectivity index (χ4n) is 3.88. The van der Waals surface area contributed by atoms with Crippen LogP contribution in [-0.2, 0) is 0 Å². The lowest BCUT2D eigenvalue weighted by molar-refractivity contribution is 0.120. The number of rotatable bonds is 3. The molecule has 2 rings (SSSR count). The number of fused-ring (bicyclic) bond motifs is 2. The van der Waals surface area contributed by atoms with Crippen LogP contribution in [0.3, 0.4) is 0 Å². The van der Waals surface area contributed by atoms with Gasteiger partial charge in [0.05, 0.1) is 12.0 Å². The zero-order chi connectivity index (χ0) is 12.0. The van der Waals surface area contributed by atoms with E-state index < -0.39 is 0 Å². The zero-order valence-electron chi connectivity index (χ0n) is 11.0. The number of nitriles is 1. The van der Waals surface area contributed by atoms with Crippen LogP contribution in [0.15, 0.2) is 0 Å². The van der Waals surface area contributed by atoms with E-state index >= 15 is 0 Å². The van der Waals surface area contributed by atoms with Gasteiger partial charge in [0.15, 0.2) is 0 Å². The Morgan fingerprint density at radius 1 is 1.44 bits per heavy atom. The smallest absolute Gasteiger partial charge is 0.0666 e. The van der Waals surface area contributed by atoms with Gasteiger partial charge in [-0.05, 0) is 42.9 Å². The third-order valence-electron chi connectivity index (χ3n) is 5.68. The molecule has 0 aliphatic heterocycles. The van der Waals surface area contributed by atoms with E-state index in [4.69, 9.17) is 5.26 Å². The van der Waals surface area contributed by atoms with Crippen LogP contribution >= 0.6 is 0 Å². The van der Waals surface area contributed by atoms with E-state index in [9.17, 15) is 0 Å². The highest BCUT2D eigenvalue weighted by Gasteiger charge is 2.60. The van der Waals surface area contributed by atoms with Crippen molar-refractivity contribution in [2.24, 2.45) is 22.7 Å². The summed E-state index contributed by atoms with van der Waals surface area (Å²) in [4.78, 5) is 0. The third kappa shape index (κ3) is 1.49. The molecule has 2 aliphatic carbocycles. The van der Waals surface area contributed by atoms with Gasteiger partial charge in [0.25, 0.3) is 0 Å². The summed E-state index contributed by atoms with van der Waals surface area (Å²) in [7, 11) is 0. The molecule has 0 radical (unpaired) electrons. The van der Waals surface area contributed by atoms with Gasteiger partial charge in [0.1, 0.15) is 0 Å². The van der Waals surface area contributed by atoms with E-state index in [2.05, 4.69) is 32.2 Å². The van der Waals surface area contributed by atoms with Gasteiger partial charge in [-0.25, -0.2) is 0 Å². The molecule has 0 aromatic heterocycles. The van der Waals surface area contributed by atoms with Gasteiger partial charge < -0.3 is 5.32 Å². The van der Waals surface area contributed by atoms with Crippen LogP contribution in [0.4, 0.5) is 0 Å². The molecule has 1 N–H and O–H groups in total. The molecule has 2 fully saturated rings. The number of hydrogen-bond acceptors (Lipinski definition) is 2. The Morgan fingerprint density at radius 3 is 2.56 bits per heavy atom. The fourth-order valence-corrected chi connectivity index (χ4v) is 3.88. The molecule has 0 saturated heterocycles. The lowest BCUT2D eigenvalue weighted by atomic mass is 9.69. The van der Waals surface area contributed by atoms with Crippen molar-refractivity contribution in [3.8, 4) is 6.07 Å². The Morgan fingerprint density at radius 2 is 2.12 bits per heavy atom. The van der Waals surface area contributed by atoms with Gasteiger partial charge in [-0.2, -0.15) is 5.26 Å². The van der Waals surface area contributed by atoms with Gasteiger partial charge >= 0.3 is 0 Å². The minimum absolute atomic E-state index is 0.130. The minimum Gasteiger partial charge on any atom is -0.312 e. The summed E-state index contributed by atoms with van der Waals surface area (Å²) in [6.45, 7) is 10.1. The van der Waals surface area contributed by atoms with Crippen LogP contribution in [-0.4, -0.2) is 12.6 Å². The van der Waals surface area contributed by atoms with E-state index in [0.717, 1.165) is 12.5 Å². The third-order valence-corrected chi connectivity index (χ3v) is 5.68. The first kappa shape index (κ1) is 11.9. The maximum atomic E-state index is 8.82. The Balaban J connectivity index is 2.02. The minimum atomic E-state index is 0.130. The van der Waals surface area contributed by atoms with Crippen molar-refractivity contribution in [2.75, 3.05) is 6.54 Å². The lowest BCUT2D eigenvalue weighted by Gasteiger charge is -2.39. The van der Waals surface area contributed by atoms with Gasteiger partial charge in [-0.3, -0.25) is 0 Å². The predicted molar refractivity (Wildman–Crippen MR) is 65.8 cm³/mol. The van der Waals surface area contributed by atoms with Crippen LogP contribution in [0.25, 0.3) is 0 Å². The van der Waals surface area contributed by atoms with Crippen molar-refractivity contribution in [2.45, 2.75) is 53.0 Å². The second kappa shape index (κ2) is 3.74. The molecule has 16 heavy (non-hydrogen) atoms. The molecule has 2 bridgehead atoms.